The molecule has 26 heavy (non-hydrogen) atoms. The fraction of sp³-hybridized carbons (Fsp3) is 0.450. The molecule has 0 radical (unpaired) electrons. The quantitative estimate of drug-likeness (QED) is 0.827. The summed E-state index contributed by atoms with van der Waals surface area (Å²) in [5.41, 5.74) is 0.0933. The molecule has 138 valence electrons. The van der Waals surface area contributed by atoms with Gasteiger partial charge in [0.25, 0.3) is 11.5 Å². The Morgan fingerprint density at radius 1 is 0.962 bits per heavy atom. The number of likely N-dealkylation sites (tertiary alicyclic amines) is 1. The van der Waals surface area contributed by atoms with E-state index in [-0.39, 0.29) is 11.5 Å². The first kappa shape index (κ1) is 18.2. The van der Waals surface area contributed by atoms with Gasteiger partial charge in [-0.2, -0.15) is 5.10 Å². The van der Waals surface area contributed by atoms with E-state index < -0.39 is 0 Å². The minimum atomic E-state index is -0.231. The number of benzene rings is 1. The SMILES string of the molecule is O=C(c1ccc(=O)n(CCOc2ccccc2)n1)N1CCCCCCC1. The third-order valence-electron chi connectivity index (χ3n) is 4.54. The maximum absolute atomic E-state index is 12.7. The molecule has 1 aliphatic heterocycles. The minimum Gasteiger partial charge on any atom is -0.492 e. The molecule has 1 saturated heterocycles. The first-order valence-electron chi connectivity index (χ1n) is 9.29. The molecule has 1 amide bonds. The molecule has 6 nitrogen and oxygen atoms in total. The average Bonchev–Trinajstić information content (AvgIpc) is 2.63. The zero-order valence-corrected chi connectivity index (χ0v) is 15.0. The number of amides is 1. The lowest BCUT2D eigenvalue weighted by atomic mass is 10.1. The Bertz CT molecular complexity index is 765. The first-order chi connectivity index (χ1) is 12.7. The smallest absolute Gasteiger partial charge is 0.274 e. The minimum absolute atomic E-state index is 0.0929. The lowest BCUT2D eigenvalue weighted by Crippen LogP contribution is -2.36. The summed E-state index contributed by atoms with van der Waals surface area (Å²) in [5, 5.41) is 4.27. The van der Waals surface area contributed by atoms with E-state index in [1.165, 1.54) is 23.2 Å². The standard InChI is InChI=1S/C20H25N3O3/c24-19-12-11-18(20(25)22-13-7-2-1-3-8-14-22)21-23(19)15-16-26-17-9-5-4-6-10-17/h4-6,9-12H,1-3,7-8,13-16H2. The average molecular weight is 355 g/mol. The largest absolute Gasteiger partial charge is 0.492 e. The molecular formula is C20H25N3O3. The summed E-state index contributed by atoms with van der Waals surface area (Å²) in [6, 6.07) is 12.4. The van der Waals surface area contributed by atoms with Gasteiger partial charge in [0.2, 0.25) is 0 Å². The third kappa shape index (κ3) is 4.94. The van der Waals surface area contributed by atoms with Gasteiger partial charge in [0.15, 0.2) is 0 Å². The maximum atomic E-state index is 12.7. The second-order valence-electron chi connectivity index (χ2n) is 6.50. The molecule has 6 heteroatoms. The van der Waals surface area contributed by atoms with Crippen molar-refractivity contribution in [2.45, 2.75) is 38.6 Å². The highest BCUT2D eigenvalue weighted by Gasteiger charge is 2.18. The number of hydrogen-bond acceptors (Lipinski definition) is 4. The molecule has 1 aliphatic rings. The predicted molar refractivity (Wildman–Crippen MR) is 99.4 cm³/mol. The number of ether oxygens (including phenoxy) is 1. The summed E-state index contributed by atoms with van der Waals surface area (Å²) in [4.78, 5) is 26.6. The number of aromatic nitrogens is 2. The molecule has 1 fully saturated rings. The van der Waals surface area contributed by atoms with Crippen molar-refractivity contribution in [3.8, 4) is 5.75 Å². The molecule has 3 rings (SSSR count). The highest BCUT2D eigenvalue weighted by Crippen LogP contribution is 2.12. The summed E-state index contributed by atoms with van der Waals surface area (Å²) >= 11 is 0. The van der Waals surface area contributed by atoms with E-state index in [9.17, 15) is 9.59 Å². The van der Waals surface area contributed by atoms with Gasteiger partial charge in [0.05, 0.1) is 6.54 Å². The second kappa shape index (κ2) is 9.17. The van der Waals surface area contributed by atoms with Gasteiger partial charge in [0, 0.05) is 19.2 Å². The number of nitrogens with zero attached hydrogens (tertiary/aromatic N) is 3. The van der Waals surface area contributed by atoms with Crippen molar-refractivity contribution >= 4 is 5.91 Å². The Morgan fingerprint density at radius 3 is 2.38 bits per heavy atom. The van der Waals surface area contributed by atoms with Crippen LogP contribution in [-0.4, -0.2) is 40.3 Å². The van der Waals surface area contributed by atoms with Crippen LogP contribution in [0.3, 0.4) is 0 Å². The zero-order valence-electron chi connectivity index (χ0n) is 15.0. The van der Waals surface area contributed by atoms with Crippen LogP contribution in [0.4, 0.5) is 0 Å². The van der Waals surface area contributed by atoms with E-state index >= 15 is 0 Å². The molecule has 0 atom stereocenters. The molecule has 0 unspecified atom stereocenters. The van der Waals surface area contributed by atoms with Crippen LogP contribution in [0.5, 0.6) is 5.75 Å². The van der Waals surface area contributed by atoms with Crippen LogP contribution in [0.25, 0.3) is 0 Å². The van der Waals surface area contributed by atoms with Gasteiger partial charge >= 0.3 is 0 Å². The molecule has 0 bridgehead atoms. The van der Waals surface area contributed by atoms with E-state index in [0.29, 0.717) is 18.8 Å². The zero-order chi connectivity index (χ0) is 18.2. The van der Waals surface area contributed by atoms with Gasteiger partial charge in [-0.3, -0.25) is 9.59 Å². The summed E-state index contributed by atoms with van der Waals surface area (Å²) in [5.74, 6) is 0.651. The highest BCUT2D eigenvalue weighted by molar-refractivity contribution is 5.92. The van der Waals surface area contributed by atoms with E-state index in [4.69, 9.17) is 4.74 Å². The molecule has 0 saturated carbocycles. The third-order valence-corrected chi connectivity index (χ3v) is 4.54. The van der Waals surface area contributed by atoms with Crippen LogP contribution in [0.15, 0.2) is 47.3 Å². The monoisotopic (exact) mass is 355 g/mol. The topological polar surface area (TPSA) is 64.4 Å². The van der Waals surface area contributed by atoms with Crippen molar-refractivity contribution in [2.75, 3.05) is 19.7 Å². The lowest BCUT2D eigenvalue weighted by Gasteiger charge is -2.24. The summed E-state index contributed by atoms with van der Waals surface area (Å²) in [6.45, 7) is 2.14. The normalized spacial score (nSPS) is 15.2. The Labute approximate surface area is 153 Å². The Kier molecular flexibility index (Phi) is 6.41. The van der Waals surface area contributed by atoms with Crippen LogP contribution in [0.1, 0.15) is 42.6 Å². The molecule has 0 spiro atoms. The molecule has 2 heterocycles. The van der Waals surface area contributed by atoms with Crippen molar-refractivity contribution < 1.29 is 9.53 Å². The number of hydrogen-bond donors (Lipinski definition) is 0. The van der Waals surface area contributed by atoms with Gasteiger partial charge in [-0.1, -0.05) is 37.5 Å². The fourth-order valence-corrected chi connectivity index (χ4v) is 3.10. The van der Waals surface area contributed by atoms with Crippen molar-refractivity contribution in [1.29, 1.82) is 0 Å². The molecule has 2 aromatic rings. The van der Waals surface area contributed by atoms with Crippen molar-refractivity contribution in [3.63, 3.8) is 0 Å². The van der Waals surface area contributed by atoms with Crippen LogP contribution >= 0.6 is 0 Å². The van der Waals surface area contributed by atoms with E-state index in [1.807, 2.05) is 35.2 Å². The number of rotatable bonds is 5. The second-order valence-corrected chi connectivity index (χ2v) is 6.50. The van der Waals surface area contributed by atoms with Crippen LogP contribution in [0, 0.1) is 0 Å². The van der Waals surface area contributed by atoms with E-state index in [2.05, 4.69) is 5.10 Å². The summed E-state index contributed by atoms with van der Waals surface area (Å²) in [6.07, 6.45) is 5.61. The van der Waals surface area contributed by atoms with Crippen molar-refractivity contribution in [2.24, 2.45) is 0 Å². The van der Waals surface area contributed by atoms with Crippen molar-refractivity contribution in [1.82, 2.24) is 14.7 Å². The summed E-state index contributed by atoms with van der Waals surface area (Å²) in [7, 11) is 0. The number of carbonyl (C=O) groups excluding carboxylic acids is 1. The Morgan fingerprint density at radius 2 is 1.65 bits per heavy atom. The fourth-order valence-electron chi connectivity index (χ4n) is 3.10. The van der Waals surface area contributed by atoms with E-state index in [0.717, 1.165) is 44.5 Å². The van der Waals surface area contributed by atoms with Gasteiger partial charge in [-0.25, -0.2) is 4.68 Å². The van der Waals surface area contributed by atoms with Crippen LogP contribution in [-0.2, 0) is 6.54 Å². The van der Waals surface area contributed by atoms with Crippen LogP contribution in [0.2, 0.25) is 0 Å². The maximum Gasteiger partial charge on any atom is 0.274 e. The molecular weight excluding hydrogens is 330 g/mol. The highest BCUT2D eigenvalue weighted by atomic mass is 16.5. The van der Waals surface area contributed by atoms with Gasteiger partial charge in [0.1, 0.15) is 18.1 Å². The molecule has 1 aromatic heterocycles. The molecule has 0 aliphatic carbocycles. The first-order valence-corrected chi connectivity index (χ1v) is 9.29. The van der Waals surface area contributed by atoms with Gasteiger partial charge < -0.3 is 9.64 Å². The van der Waals surface area contributed by atoms with Gasteiger partial charge in [-0.05, 0) is 31.0 Å². The Balaban J connectivity index is 1.64. The Hall–Kier alpha value is -2.63. The lowest BCUT2D eigenvalue weighted by molar-refractivity contribution is 0.0733. The van der Waals surface area contributed by atoms with Crippen molar-refractivity contribution in [3.05, 3.63) is 58.5 Å². The van der Waals surface area contributed by atoms with Crippen LogP contribution < -0.4 is 10.3 Å². The number of para-hydroxylation sites is 1. The van der Waals surface area contributed by atoms with E-state index in [1.54, 1.807) is 0 Å². The molecule has 0 N–H and O–H groups in total. The summed E-state index contributed by atoms with van der Waals surface area (Å²) < 4.78 is 6.92. The molecule has 1 aromatic carbocycles. The number of carbonyl (C=O) groups is 1. The predicted octanol–water partition coefficient (Wildman–Crippen LogP) is 2.73. The van der Waals surface area contributed by atoms with Gasteiger partial charge in [-0.15, -0.1) is 0 Å².